The molecule has 2 aliphatic heterocycles. The SMILES string of the molecule is CC(C)(C)c1cc2c3c(c1)N(c1ccc4oc5ccccc5c4c1-c1ccccc1)c1ccc(-c4ccccc4)cc1B3c1cc(-c3ccccc3)ccc1N2c1ccc2oc3ccccc3c2c1-c1ccccc1. The normalized spacial score (nSPS) is 12.9. The third-order valence-corrected chi connectivity index (χ3v) is 15.8. The van der Waals surface area contributed by atoms with E-state index in [1.165, 1.54) is 44.2 Å². The maximum absolute atomic E-state index is 6.70. The molecule has 11 aromatic carbocycles. The Labute approximate surface area is 436 Å². The Kier molecular flexibility index (Phi) is 9.58. The second-order valence-corrected chi connectivity index (χ2v) is 21.2. The Balaban J connectivity index is 1.11. The molecule has 0 spiro atoms. The molecule has 4 heterocycles. The van der Waals surface area contributed by atoms with Gasteiger partial charge in [0.05, 0.1) is 11.4 Å². The van der Waals surface area contributed by atoms with E-state index in [0.717, 1.165) is 100 Å². The van der Waals surface area contributed by atoms with Crippen LogP contribution in [0.25, 0.3) is 88.4 Å². The second kappa shape index (κ2) is 16.6. The Morgan fingerprint density at radius 2 is 0.693 bits per heavy atom. The highest BCUT2D eigenvalue weighted by molar-refractivity contribution is 7.00. The highest BCUT2D eigenvalue weighted by atomic mass is 16.3. The molecule has 75 heavy (non-hydrogen) atoms. The van der Waals surface area contributed by atoms with Gasteiger partial charge in [-0.3, -0.25) is 0 Å². The summed E-state index contributed by atoms with van der Waals surface area (Å²) in [5.74, 6) is 0. The van der Waals surface area contributed by atoms with Crippen molar-refractivity contribution < 1.29 is 8.83 Å². The van der Waals surface area contributed by atoms with Gasteiger partial charge in [-0.25, -0.2) is 0 Å². The molecule has 0 bridgehead atoms. The smallest absolute Gasteiger partial charge is 0.252 e. The molecule has 13 aromatic rings. The molecule has 2 aromatic heterocycles. The van der Waals surface area contributed by atoms with Crippen molar-refractivity contribution in [2.45, 2.75) is 26.2 Å². The summed E-state index contributed by atoms with van der Waals surface area (Å²) in [4.78, 5) is 5.18. The van der Waals surface area contributed by atoms with Gasteiger partial charge in [-0.05, 0) is 121 Å². The quantitative estimate of drug-likeness (QED) is 0.156. The van der Waals surface area contributed by atoms with E-state index in [1.807, 2.05) is 0 Å². The lowest BCUT2D eigenvalue weighted by atomic mass is 9.33. The van der Waals surface area contributed by atoms with Crippen LogP contribution in [-0.2, 0) is 5.41 Å². The molecule has 0 N–H and O–H groups in total. The number of anilines is 6. The van der Waals surface area contributed by atoms with Crippen LogP contribution in [0.1, 0.15) is 26.3 Å². The molecule has 15 rings (SSSR count). The summed E-state index contributed by atoms with van der Waals surface area (Å²) >= 11 is 0. The first kappa shape index (κ1) is 43.3. The van der Waals surface area contributed by atoms with Gasteiger partial charge in [-0.2, -0.15) is 0 Å². The van der Waals surface area contributed by atoms with Crippen molar-refractivity contribution in [3.05, 3.63) is 248 Å². The fourth-order valence-electron chi connectivity index (χ4n) is 12.4. The van der Waals surface area contributed by atoms with Crippen LogP contribution < -0.4 is 26.2 Å². The van der Waals surface area contributed by atoms with Gasteiger partial charge in [-0.1, -0.05) is 203 Å². The molecular formula is C70H49BN2O2. The van der Waals surface area contributed by atoms with Crippen molar-refractivity contribution in [1.29, 1.82) is 0 Å². The second-order valence-electron chi connectivity index (χ2n) is 21.2. The van der Waals surface area contributed by atoms with Gasteiger partial charge in [0, 0.05) is 55.4 Å². The van der Waals surface area contributed by atoms with Crippen molar-refractivity contribution in [3.8, 4) is 44.5 Å². The molecule has 0 fully saturated rings. The number of hydrogen-bond donors (Lipinski definition) is 0. The molecule has 5 heteroatoms. The third kappa shape index (κ3) is 6.71. The molecule has 0 atom stereocenters. The van der Waals surface area contributed by atoms with Crippen LogP contribution in [0, 0.1) is 0 Å². The lowest BCUT2D eigenvalue weighted by Crippen LogP contribution is -2.61. The molecule has 0 radical (unpaired) electrons. The van der Waals surface area contributed by atoms with Crippen molar-refractivity contribution in [3.63, 3.8) is 0 Å². The minimum atomic E-state index is -0.229. The lowest BCUT2D eigenvalue weighted by Gasteiger charge is -2.46. The first-order chi connectivity index (χ1) is 36.9. The van der Waals surface area contributed by atoms with Crippen LogP contribution in [0.4, 0.5) is 34.1 Å². The Bertz CT molecular complexity index is 4130. The molecule has 0 saturated heterocycles. The van der Waals surface area contributed by atoms with E-state index >= 15 is 0 Å². The van der Waals surface area contributed by atoms with E-state index in [9.17, 15) is 0 Å². The van der Waals surface area contributed by atoms with Crippen LogP contribution >= 0.6 is 0 Å². The third-order valence-electron chi connectivity index (χ3n) is 15.8. The number of rotatable bonds is 6. The maximum atomic E-state index is 6.70. The fraction of sp³-hybridized carbons (Fsp3) is 0.0571. The molecule has 0 saturated carbocycles. The summed E-state index contributed by atoms with van der Waals surface area (Å²) < 4.78 is 13.4. The number of furan rings is 2. The Hall–Kier alpha value is -9.32. The summed E-state index contributed by atoms with van der Waals surface area (Å²) in [5.41, 5.74) is 24.3. The molecular weight excluding hydrogens is 912 g/mol. The number of hydrogen-bond acceptors (Lipinski definition) is 4. The zero-order chi connectivity index (χ0) is 49.9. The summed E-state index contributed by atoms with van der Waals surface area (Å²) in [6, 6.07) is 88.8. The van der Waals surface area contributed by atoms with Crippen molar-refractivity contribution in [2.24, 2.45) is 0 Å². The van der Waals surface area contributed by atoms with Gasteiger partial charge in [0.25, 0.3) is 6.71 Å². The standard InChI is InChI=1S/C70H49BN2O2/c1-70(2,3)50-42-59-69-60(43-50)73(58-37-39-64-68(52-29-17-19-31-62(52)75-64)66(58)47-26-14-7-15-27-47)56-35-33-49(45-22-10-5-11-23-45)41-54(56)71(69)53-40-48(44-20-8-4-9-21-44)32-34-55(53)72(59)57-36-38-63-67(51-28-16-18-30-61(51)74-63)65(57)46-24-12-6-13-25-46/h4-43H,1-3H3. The van der Waals surface area contributed by atoms with E-state index in [-0.39, 0.29) is 12.1 Å². The van der Waals surface area contributed by atoms with Gasteiger partial charge < -0.3 is 18.6 Å². The van der Waals surface area contributed by atoms with Crippen LogP contribution in [-0.4, -0.2) is 6.71 Å². The number of fused-ring (bicyclic) bond motifs is 10. The topological polar surface area (TPSA) is 32.8 Å². The van der Waals surface area contributed by atoms with Crippen LogP contribution in [0.15, 0.2) is 251 Å². The highest BCUT2D eigenvalue weighted by Crippen LogP contribution is 2.53. The van der Waals surface area contributed by atoms with E-state index < -0.39 is 0 Å². The Morgan fingerprint density at radius 1 is 0.320 bits per heavy atom. The molecule has 2 aliphatic rings. The lowest BCUT2D eigenvalue weighted by molar-refractivity contribution is 0.590. The average Bonchev–Trinajstić information content (AvgIpc) is 4.11. The average molecular weight is 961 g/mol. The van der Waals surface area contributed by atoms with Crippen molar-refractivity contribution in [2.75, 3.05) is 9.80 Å². The highest BCUT2D eigenvalue weighted by Gasteiger charge is 2.45. The predicted molar refractivity (Wildman–Crippen MR) is 315 cm³/mol. The molecule has 354 valence electrons. The van der Waals surface area contributed by atoms with Crippen molar-refractivity contribution >= 4 is 101 Å². The van der Waals surface area contributed by atoms with Gasteiger partial charge in [-0.15, -0.1) is 0 Å². The van der Waals surface area contributed by atoms with Gasteiger partial charge in [0.15, 0.2) is 0 Å². The summed E-state index contributed by atoms with van der Waals surface area (Å²) in [6.45, 7) is 6.89. The summed E-state index contributed by atoms with van der Waals surface area (Å²) in [5, 5.41) is 4.40. The minimum Gasteiger partial charge on any atom is -0.456 e. The summed E-state index contributed by atoms with van der Waals surface area (Å²) in [6.07, 6.45) is 0. The van der Waals surface area contributed by atoms with E-state index in [4.69, 9.17) is 8.83 Å². The largest absolute Gasteiger partial charge is 0.456 e. The first-order valence-electron chi connectivity index (χ1n) is 26.0. The Morgan fingerprint density at radius 3 is 1.11 bits per heavy atom. The van der Waals surface area contributed by atoms with E-state index in [1.54, 1.807) is 0 Å². The predicted octanol–water partition coefficient (Wildman–Crippen LogP) is 17.5. The molecule has 4 nitrogen and oxygen atoms in total. The first-order valence-corrected chi connectivity index (χ1v) is 26.0. The molecule has 0 amide bonds. The van der Waals surface area contributed by atoms with E-state index in [0.29, 0.717) is 0 Å². The molecule has 0 aliphatic carbocycles. The summed E-state index contributed by atoms with van der Waals surface area (Å²) in [7, 11) is 0. The van der Waals surface area contributed by atoms with Gasteiger partial charge >= 0.3 is 0 Å². The zero-order valence-electron chi connectivity index (χ0n) is 41.9. The number of para-hydroxylation sites is 2. The van der Waals surface area contributed by atoms with Crippen LogP contribution in [0.2, 0.25) is 0 Å². The fourth-order valence-corrected chi connectivity index (χ4v) is 12.4. The van der Waals surface area contributed by atoms with Gasteiger partial charge in [0.2, 0.25) is 0 Å². The van der Waals surface area contributed by atoms with Crippen LogP contribution in [0.3, 0.4) is 0 Å². The van der Waals surface area contributed by atoms with Crippen molar-refractivity contribution in [1.82, 2.24) is 0 Å². The maximum Gasteiger partial charge on any atom is 0.252 e. The van der Waals surface area contributed by atoms with Crippen LogP contribution in [0.5, 0.6) is 0 Å². The van der Waals surface area contributed by atoms with E-state index in [2.05, 4.69) is 273 Å². The minimum absolute atomic E-state index is 0.147. The monoisotopic (exact) mass is 960 g/mol. The molecule has 0 unspecified atom stereocenters. The number of benzene rings is 11. The zero-order valence-corrected chi connectivity index (χ0v) is 41.9. The number of nitrogens with zero attached hydrogens (tertiary/aromatic N) is 2. The van der Waals surface area contributed by atoms with Gasteiger partial charge in [0.1, 0.15) is 22.3 Å².